The zero-order valence-corrected chi connectivity index (χ0v) is 12.4. The van der Waals surface area contributed by atoms with Crippen molar-refractivity contribution in [1.29, 1.82) is 0 Å². The van der Waals surface area contributed by atoms with Gasteiger partial charge < -0.3 is 0 Å². The van der Waals surface area contributed by atoms with E-state index in [2.05, 4.69) is 0 Å². The number of nitro groups is 1. The van der Waals surface area contributed by atoms with Crippen molar-refractivity contribution in [2.75, 3.05) is 12.3 Å². The first-order valence-corrected chi connectivity index (χ1v) is 8.58. The molecule has 1 aromatic rings. The van der Waals surface area contributed by atoms with Gasteiger partial charge in [0.05, 0.1) is 15.6 Å². The van der Waals surface area contributed by atoms with E-state index in [0.717, 1.165) is 0 Å². The number of primary sulfonamides is 1. The molecule has 0 heterocycles. The first-order chi connectivity index (χ1) is 9.44. The molecule has 0 radical (unpaired) electrons. The predicted molar refractivity (Wildman–Crippen MR) is 71.0 cm³/mol. The molecule has 0 fully saturated rings. The van der Waals surface area contributed by atoms with Crippen molar-refractivity contribution >= 4 is 25.7 Å². The summed E-state index contributed by atoms with van der Waals surface area (Å²) in [5, 5.41) is 15.3. The Kier molecular flexibility index (Phi) is 4.99. The van der Waals surface area contributed by atoms with E-state index in [9.17, 15) is 31.3 Å². The van der Waals surface area contributed by atoms with Crippen molar-refractivity contribution in [1.82, 2.24) is 4.72 Å². The number of aryl methyl sites for hydroxylation is 1. The topological polar surface area (TPSA) is 149 Å². The third-order valence-corrected chi connectivity index (χ3v) is 4.79. The predicted octanol–water partition coefficient (Wildman–Crippen LogP) is -0.391. The molecule has 0 aromatic heterocycles. The molecule has 118 valence electrons. The number of nitrogens with zero attached hydrogens (tertiary/aromatic N) is 1. The van der Waals surface area contributed by atoms with Gasteiger partial charge in [0.25, 0.3) is 0 Å². The van der Waals surface area contributed by atoms with Crippen LogP contribution in [0.2, 0.25) is 0 Å². The van der Waals surface area contributed by atoms with Crippen LogP contribution in [-0.2, 0) is 20.0 Å². The van der Waals surface area contributed by atoms with Crippen molar-refractivity contribution in [3.63, 3.8) is 0 Å². The van der Waals surface area contributed by atoms with Crippen LogP contribution in [0, 0.1) is 22.9 Å². The summed E-state index contributed by atoms with van der Waals surface area (Å²) >= 11 is 0. The fourth-order valence-corrected chi connectivity index (χ4v) is 3.26. The second-order valence-electron chi connectivity index (χ2n) is 4.09. The summed E-state index contributed by atoms with van der Waals surface area (Å²) in [6.07, 6.45) is 0. The number of nitrogens with two attached hydrogens (primary N) is 1. The van der Waals surface area contributed by atoms with Crippen LogP contribution in [0.25, 0.3) is 0 Å². The van der Waals surface area contributed by atoms with Gasteiger partial charge >= 0.3 is 5.69 Å². The highest BCUT2D eigenvalue weighted by Gasteiger charge is 2.24. The van der Waals surface area contributed by atoms with Crippen LogP contribution in [0.1, 0.15) is 5.56 Å². The standard InChI is InChI=1S/C9H12FN3O6S2/c1-6-4-7(10)8(13(14)15)5-9(6)21(18,19)12-2-3-20(11,16)17/h4-5,12H,2-3H2,1H3,(H2,11,16,17). The lowest BCUT2D eigenvalue weighted by atomic mass is 10.2. The fraction of sp³-hybridized carbons (Fsp3) is 0.333. The molecule has 3 N–H and O–H groups in total. The quantitative estimate of drug-likeness (QED) is 0.531. The third-order valence-electron chi connectivity index (χ3n) is 2.41. The lowest BCUT2D eigenvalue weighted by molar-refractivity contribution is -0.387. The fourth-order valence-electron chi connectivity index (χ4n) is 1.47. The molecule has 0 amide bonds. The summed E-state index contributed by atoms with van der Waals surface area (Å²) < 4.78 is 60.5. The summed E-state index contributed by atoms with van der Waals surface area (Å²) in [5.41, 5.74) is -1.05. The van der Waals surface area contributed by atoms with E-state index in [1.165, 1.54) is 6.92 Å². The van der Waals surface area contributed by atoms with E-state index in [1.54, 1.807) is 0 Å². The van der Waals surface area contributed by atoms with Crippen LogP contribution in [0.5, 0.6) is 0 Å². The highest BCUT2D eigenvalue weighted by molar-refractivity contribution is 7.90. The van der Waals surface area contributed by atoms with Crippen molar-refractivity contribution in [3.05, 3.63) is 33.6 Å². The number of hydrogen-bond acceptors (Lipinski definition) is 6. The van der Waals surface area contributed by atoms with Gasteiger partial charge in [0.15, 0.2) is 0 Å². The maximum Gasteiger partial charge on any atom is 0.306 e. The average molecular weight is 341 g/mol. The second-order valence-corrected chi connectivity index (χ2v) is 7.56. The molecule has 0 atom stereocenters. The van der Waals surface area contributed by atoms with Gasteiger partial charge in [-0.2, -0.15) is 4.39 Å². The average Bonchev–Trinajstić information content (AvgIpc) is 2.25. The van der Waals surface area contributed by atoms with Crippen LogP contribution >= 0.6 is 0 Å². The van der Waals surface area contributed by atoms with Crippen molar-refractivity contribution in [2.24, 2.45) is 5.14 Å². The smallest absolute Gasteiger partial charge is 0.258 e. The Balaban J connectivity index is 3.14. The molecule has 21 heavy (non-hydrogen) atoms. The molecule has 1 aromatic carbocycles. The second kappa shape index (κ2) is 6.01. The SMILES string of the molecule is Cc1cc(F)c([N+](=O)[O-])cc1S(=O)(=O)NCCS(N)(=O)=O. The first kappa shape index (κ1) is 17.4. The Hall–Kier alpha value is -1.63. The van der Waals surface area contributed by atoms with E-state index >= 15 is 0 Å². The number of halogens is 1. The van der Waals surface area contributed by atoms with Gasteiger partial charge in [0.1, 0.15) is 0 Å². The lowest BCUT2D eigenvalue weighted by Gasteiger charge is -2.09. The molecule has 0 aliphatic rings. The van der Waals surface area contributed by atoms with Crippen LogP contribution in [0.4, 0.5) is 10.1 Å². The highest BCUT2D eigenvalue weighted by Crippen LogP contribution is 2.25. The molecule has 0 bridgehead atoms. The van der Waals surface area contributed by atoms with Gasteiger partial charge in [0, 0.05) is 12.6 Å². The van der Waals surface area contributed by atoms with Crippen molar-refractivity contribution in [2.45, 2.75) is 11.8 Å². The number of benzene rings is 1. The largest absolute Gasteiger partial charge is 0.306 e. The third kappa shape index (κ3) is 4.70. The summed E-state index contributed by atoms with van der Waals surface area (Å²) in [5.74, 6) is -1.81. The zero-order valence-electron chi connectivity index (χ0n) is 10.7. The van der Waals surface area contributed by atoms with Gasteiger partial charge in [-0.1, -0.05) is 0 Å². The number of nitro benzene ring substituents is 1. The Morgan fingerprint density at radius 3 is 2.38 bits per heavy atom. The Morgan fingerprint density at radius 1 is 1.33 bits per heavy atom. The molecule has 0 aliphatic carbocycles. The van der Waals surface area contributed by atoms with Gasteiger partial charge in [0.2, 0.25) is 25.9 Å². The monoisotopic (exact) mass is 341 g/mol. The summed E-state index contributed by atoms with van der Waals surface area (Å²) in [7, 11) is -8.09. The molecular weight excluding hydrogens is 329 g/mol. The molecular formula is C9H12FN3O6S2. The summed E-state index contributed by atoms with van der Waals surface area (Å²) in [4.78, 5) is 9.05. The Labute approximate surface area is 120 Å². The molecule has 0 saturated carbocycles. The van der Waals surface area contributed by atoms with E-state index in [-0.39, 0.29) is 5.56 Å². The molecule has 1 rings (SSSR count). The molecule has 0 saturated heterocycles. The van der Waals surface area contributed by atoms with E-state index in [4.69, 9.17) is 5.14 Å². The van der Waals surface area contributed by atoms with Crippen molar-refractivity contribution < 1.29 is 26.1 Å². The van der Waals surface area contributed by atoms with E-state index in [1.807, 2.05) is 4.72 Å². The van der Waals surface area contributed by atoms with Gasteiger partial charge in [-0.25, -0.2) is 26.7 Å². The Bertz CT molecular complexity index is 775. The summed E-state index contributed by atoms with van der Waals surface area (Å²) in [6, 6.07) is 1.29. The number of sulfonamides is 2. The molecule has 0 spiro atoms. The van der Waals surface area contributed by atoms with E-state index < -0.39 is 53.7 Å². The van der Waals surface area contributed by atoms with Crippen LogP contribution in [0.3, 0.4) is 0 Å². The Morgan fingerprint density at radius 2 is 1.90 bits per heavy atom. The van der Waals surface area contributed by atoms with Crippen LogP contribution < -0.4 is 9.86 Å². The van der Waals surface area contributed by atoms with E-state index in [0.29, 0.717) is 12.1 Å². The molecule has 0 aliphatic heterocycles. The maximum atomic E-state index is 13.3. The lowest BCUT2D eigenvalue weighted by Crippen LogP contribution is -2.32. The van der Waals surface area contributed by atoms with Gasteiger partial charge in [-0.3, -0.25) is 10.1 Å². The summed E-state index contributed by atoms with van der Waals surface area (Å²) in [6.45, 7) is 0.743. The van der Waals surface area contributed by atoms with Gasteiger partial charge in [-0.05, 0) is 18.6 Å². The molecule has 12 heteroatoms. The van der Waals surface area contributed by atoms with Crippen LogP contribution in [0.15, 0.2) is 17.0 Å². The van der Waals surface area contributed by atoms with Crippen molar-refractivity contribution in [3.8, 4) is 0 Å². The van der Waals surface area contributed by atoms with Crippen LogP contribution in [-0.4, -0.2) is 34.1 Å². The normalized spacial score (nSPS) is 12.3. The number of rotatable bonds is 6. The number of hydrogen-bond donors (Lipinski definition) is 2. The minimum Gasteiger partial charge on any atom is -0.258 e. The number of nitrogens with one attached hydrogen (secondary N) is 1. The molecule has 0 unspecified atom stereocenters. The first-order valence-electron chi connectivity index (χ1n) is 5.39. The maximum absolute atomic E-state index is 13.3. The molecule has 9 nitrogen and oxygen atoms in total. The zero-order chi connectivity index (χ0) is 16.4. The minimum atomic E-state index is -4.23. The minimum absolute atomic E-state index is 0.0544. The highest BCUT2D eigenvalue weighted by atomic mass is 32.2. The van der Waals surface area contributed by atoms with Gasteiger partial charge in [-0.15, -0.1) is 0 Å².